The highest BCUT2D eigenvalue weighted by Gasteiger charge is 2.24. The first-order valence-corrected chi connectivity index (χ1v) is 12.3. The molecule has 1 atom stereocenters. The number of hydrogen-bond donors (Lipinski definition) is 2. The molecule has 7 nitrogen and oxygen atoms in total. The molecule has 0 radical (unpaired) electrons. The summed E-state index contributed by atoms with van der Waals surface area (Å²) in [5, 5.41) is 2.01. The van der Waals surface area contributed by atoms with Gasteiger partial charge in [0.25, 0.3) is 5.56 Å². The van der Waals surface area contributed by atoms with Gasteiger partial charge in [-0.1, -0.05) is 39.0 Å². The van der Waals surface area contributed by atoms with E-state index in [0.717, 1.165) is 38.9 Å². The van der Waals surface area contributed by atoms with E-state index in [9.17, 15) is 14.1 Å². The number of aromatic nitrogens is 2. The Labute approximate surface area is 200 Å². The van der Waals surface area contributed by atoms with Gasteiger partial charge in [-0.05, 0) is 52.1 Å². The van der Waals surface area contributed by atoms with E-state index in [1.165, 1.54) is 16.8 Å². The minimum Gasteiger partial charge on any atom is -0.593 e. The molecule has 8 heteroatoms. The van der Waals surface area contributed by atoms with E-state index in [2.05, 4.69) is 36.5 Å². The number of benzene rings is 3. The van der Waals surface area contributed by atoms with Gasteiger partial charge in [-0.25, -0.2) is 9.52 Å². The van der Waals surface area contributed by atoms with E-state index >= 15 is 0 Å². The average molecular weight is 478 g/mol. The number of H-pyrrole nitrogens is 1. The molecule has 0 bridgehead atoms. The Morgan fingerprint density at radius 2 is 1.71 bits per heavy atom. The van der Waals surface area contributed by atoms with Crippen molar-refractivity contribution in [2.45, 2.75) is 26.2 Å². The SMILES string of the molecule is COc1c(-c2ccc3cc(N[S+](C)[O-])ccc3c2)cc(-n2ccc(=O)[nH]c2=O)cc1C(C)(C)C. The van der Waals surface area contributed by atoms with Gasteiger partial charge in [0.1, 0.15) is 12.0 Å². The van der Waals surface area contributed by atoms with Crippen molar-refractivity contribution in [1.29, 1.82) is 0 Å². The molecule has 34 heavy (non-hydrogen) atoms. The smallest absolute Gasteiger partial charge is 0.332 e. The van der Waals surface area contributed by atoms with E-state index in [4.69, 9.17) is 4.74 Å². The van der Waals surface area contributed by atoms with Gasteiger partial charge in [-0.3, -0.25) is 14.3 Å². The van der Waals surface area contributed by atoms with Crippen LogP contribution in [0, 0.1) is 0 Å². The lowest BCUT2D eigenvalue weighted by Crippen LogP contribution is -2.27. The number of hydrogen-bond acceptors (Lipinski definition) is 5. The van der Waals surface area contributed by atoms with Gasteiger partial charge in [0.05, 0.1) is 29.8 Å². The minimum absolute atomic E-state index is 0.269. The molecule has 3 aromatic carbocycles. The lowest BCUT2D eigenvalue weighted by molar-refractivity contribution is 0.399. The third-order valence-electron chi connectivity index (χ3n) is 5.60. The summed E-state index contributed by atoms with van der Waals surface area (Å²) in [5.74, 6) is 0.729. The number of rotatable bonds is 5. The number of nitrogens with one attached hydrogen (secondary N) is 2. The van der Waals surface area contributed by atoms with Crippen LogP contribution in [0.2, 0.25) is 0 Å². The van der Waals surface area contributed by atoms with E-state index in [1.807, 2.05) is 42.5 Å². The predicted molar refractivity (Wildman–Crippen MR) is 139 cm³/mol. The number of fused-ring (bicyclic) bond motifs is 1. The maximum atomic E-state index is 12.5. The Bertz CT molecular complexity index is 1480. The van der Waals surface area contributed by atoms with E-state index in [1.54, 1.807) is 13.4 Å². The summed E-state index contributed by atoms with van der Waals surface area (Å²) >= 11 is -1.15. The minimum atomic E-state index is -1.15. The Morgan fingerprint density at radius 1 is 1.00 bits per heavy atom. The third-order valence-corrected chi connectivity index (χ3v) is 6.12. The maximum Gasteiger partial charge on any atom is 0.332 e. The predicted octanol–water partition coefficient (Wildman–Crippen LogP) is 4.36. The highest BCUT2D eigenvalue weighted by atomic mass is 32.2. The number of aromatic amines is 1. The maximum absolute atomic E-state index is 12.5. The summed E-state index contributed by atoms with van der Waals surface area (Å²) < 4.78 is 21.7. The molecule has 2 N–H and O–H groups in total. The van der Waals surface area contributed by atoms with Gasteiger partial charge in [0.15, 0.2) is 0 Å². The highest BCUT2D eigenvalue weighted by Crippen LogP contribution is 2.41. The van der Waals surface area contributed by atoms with Gasteiger partial charge in [0.2, 0.25) is 0 Å². The van der Waals surface area contributed by atoms with Crippen LogP contribution in [0.5, 0.6) is 5.75 Å². The van der Waals surface area contributed by atoms with Crippen molar-refractivity contribution < 1.29 is 9.29 Å². The van der Waals surface area contributed by atoms with Gasteiger partial charge < -0.3 is 9.29 Å². The lowest BCUT2D eigenvalue weighted by Gasteiger charge is -2.25. The zero-order valence-corrected chi connectivity index (χ0v) is 20.6. The Kier molecular flexibility index (Phi) is 6.29. The Morgan fingerprint density at radius 3 is 2.35 bits per heavy atom. The first kappa shape index (κ1) is 23.7. The van der Waals surface area contributed by atoms with Crippen molar-refractivity contribution in [3.63, 3.8) is 0 Å². The molecule has 0 saturated carbocycles. The average Bonchev–Trinajstić information content (AvgIpc) is 2.77. The van der Waals surface area contributed by atoms with Crippen LogP contribution in [-0.2, 0) is 16.8 Å². The van der Waals surface area contributed by atoms with E-state index in [0.29, 0.717) is 5.69 Å². The van der Waals surface area contributed by atoms with Crippen LogP contribution in [0.25, 0.3) is 27.6 Å². The number of ether oxygens (including phenoxy) is 1. The summed E-state index contributed by atoms with van der Waals surface area (Å²) in [6.07, 6.45) is 3.07. The summed E-state index contributed by atoms with van der Waals surface area (Å²) in [7, 11) is 1.64. The third kappa shape index (κ3) is 4.73. The van der Waals surface area contributed by atoms with E-state index < -0.39 is 22.6 Å². The van der Waals surface area contributed by atoms with Crippen molar-refractivity contribution >= 4 is 27.8 Å². The van der Waals surface area contributed by atoms with Gasteiger partial charge in [-0.2, -0.15) is 0 Å². The molecule has 0 spiro atoms. The monoisotopic (exact) mass is 477 g/mol. The lowest BCUT2D eigenvalue weighted by atomic mass is 9.83. The largest absolute Gasteiger partial charge is 0.593 e. The second-order valence-corrected chi connectivity index (χ2v) is 10.2. The summed E-state index contributed by atoms with van der Waals surface area (Å²) in [6, 6.07) is 17.0. The fraction of sp³-hybridized carbons (Fsp3) is 0.231. The van der Waals surface area contributed by atoms with Gasteiger partial charge in [-0.15, -0.1) is 0 Å². The molecule has 4 aromatic rings. The number of methoxy groups -OCH3 is 1. The summed E-state index contributed by atoms with van der Waals surface area (Å²) in [5.41, 5.74) is 2.90. The van der Waals surface area contributed by atoms with Crippen molar-refractivity contribution in [3.8, 4) is 22.6 Å². The fourth-order valence-corrected chi connectivity index (χ4v) is 4.47. The van der Waals surface area contributed by atoms with Crippen LogP contribution in [0.1, 0.15) is 26.3 Å². The zero-order chi connectivity index (χ0) is 24.6. The number of anilines is 1. The van der Waals surface area contributed by atoms with Crippen molar-refractivity contribution in [3.05, 3.63) is 87.2 Å². The second-order valence-electron chi connectivity index (χ2n) is 9.14. The molecule has 0 amide bonds. The summed E-state index contributed by atoms with van der Waals surface area (Å²) in [6.45, 7) is 6.25. The van der Waals surface area contributed by atoms with Crippen LogP contribution >= 0.6 is 0 Å². The molecule has 0 aliphatic carbocycles. The molecule has 1 heterocycles. The van der Waals surface area contributed by atoms with Crippen LogP contribution in [0.3, 0.4) is 0 Å². The number of nitrogens with zero attached hydrogens (tertiary/aromatic N) is 1. The van der Waals surface area contributed by atoms with Crippen LogP contribution < -0.4 is 20.7 Å². The Hall–Kier alpha value is -3.49. The van der Waals surface area contributed by atoms with Crippen LogP contribution in [-0.4, -0.2) is 27.5 Å². The van der Waals surface area contributed by atoms with Crippen molar-refractivity contribution in [2.75, 3.05) is 18.1 Å². The van der Waals surface area contributed by atoms with Gasteiger partial charge in [0, 0.05) is 23.4 Å². The molecule has 0 aliphatic heterocycles. The fourth-order valence-electron chi connectivity index (χ4n) is 4.01. The Balaban J connectivity index is 1.94. The summed E-state index contributed by atoms with van der Waals surface area (Å²) in [4.78, 5) is 26.4. The molecule has 0 saturated heterocycles. The molecule has 0 fully saturated rings. The molecule has 1 aromatic heterocycles. The highest BCUT2D eigenvalue weighted by molar-refractivity contribution is 7.92. The van der Waals surface area contributed by atoms with Crippen LogP contribution in [0.4, 0.5) is 5.69 Å². The van der Waals surface area contributed by atoms with Crippen LogP contribution in [0.15, 0.2) is 70.4 Å². The zero-order valence-electron chi connectivity index (χ0n) is 19.8. The first-order valence-electron chi connectivity index (χ1n) is 10.8. The standard InChI is InChI=1S/C26H27N3O4S/c1-26(2,3)22-15-20(29-11-10-23(30)27-25(29)31)14-21(24(22)33-4)18-7-6-17-13-19(28-34(5)32)9-8-16(17)12-18/h6-15,28H,1-5H3,(H,27,30,31). The van der Waals surface area contributed by atoms with Crippen molar-refractivity contribution in [1.82, 2.24) is 9.55 Å². The molecule has 0 aliphatic rings. The molecule has 1 unspecified atom stereocenters. The second kappa shape index (κ2) is 9.04. The normalized spacial score (nSPS) is 12.5. The quantitative estimate of drug-likeness (QED) is 0.416. The molecule has 4 rings (SSSR count). The first-order chi connectivity index (χ1) is 16.1. The van der Waals surface area contributed by atoms with E-state index in [-0.39, 0.29) is 5.41 Å². The molecular weight excluding hydrogens is 450 g/mol. The molecular formula is C26H27N3O4S. The van der Waals surface area contributed by atoms with Crippen molar-refractivity contribution in [2.24, 2.45) is 0 Å². The topological polar surface area (TPSA) is 99.2 Å². The molecule has 176 valence electrons. The van der Waals surface area contributed by atoms with Gasteiger partial charge >= 0.3 is 5.69 Å².